The maximum Gasteiger partial charge on any atom is 0.317 e. The number of furan rings is 1. The van der Waals surface area contributed by atoms with Gasteiger partial charge in [-0.15, -0.1) is 0 Å². The van der Waals surface area contributed by atoms with E-state index in [1.165, 1.54) is 18.2 Å². The number of fused-ring (bicyclic) bond motifs is 1. The number of benzene rings is 1. The first kappa shape index (κ1) is 13.0. The van der Waals surface area contributed by atoms with Gasteiger partial charge in [0.05, 0.1) is 4.92 Å². The van der Waals surface area contributed by atoms with Gasteiger partial charge in [0.15, 0.2) is 22.9 Å². The molecule has 1 N–H and O–H groups in total. The minimum atomic E-state index is -0.613. The Morgan fingerprint density at radius 1 is 1.43 bits per heavy atom. The number of anilines is 1. The zero-order valence-corrected chi connectivity index (χ0v) is 10.8. The number of hydrogen-bond acceptors (Lipinski definition) is 6. The second kappa shape index (κ2) is 4.82. The van der Waals surface area contributed by atoms with Gasteiger partial charge < -0.3 is 9.73 Å². The Bertz CT molecular complexity index is 847. The summed E-state index contributed by atoms with van der Waals surface area (Å²) >= 11 is 0. The minimum absolute atomic E-state index is 0.00468. The summed E-state index contributed by atoms with van der Waals surface area (Å²) in [5, 5.41) is 14.3. The van der Waals surface area contributed by atoms with Crippen molar-refractivity contribution in [2.24, 2.45) is 0 Å². The van der Waals surface area contributed by atoms with Gasteiger partial charge in [0.25, 0.3) is 0 Å². The summed E-state index contributed by atoms with van der Waals surface area (Å²) in [4.78, 5) is 18.3. The van der Waals surface area contributed by atoms with Gasteiger partial charge in [-0.2, -0.15) is 0 Å². The third-order valence-corrected chi connectivity index (χ3v) is 2.92. The highest BCUT2D eigenvalue weighted by Crippen LogP contribution is 2.33. The molecule has 8 heteroatoms. The molecule has 0 aliphatic rings. The summed E-state index contributed by atoms with van der Waals surface area (Å²) in [7, 11) is 1.59. The zero-order valence-electron chi connectivity index (χ0n) is 10.8. The molecule has 0 aliphatic carbocycles. The molecule has 0 saturated carbocycles. The van der Waals surface area contributed by atoms with Crippen LogP contribution >= 0.6 is 0 Å². The highest BCUT2D eigenvalue weighted by Gasteiger charge is 2.22. The van der Waals surface area contributed by atoms with Crippen molar-refractivity contribution < 1.29 is 13.7 Å². The van der Waals surface area contributed by atoms with Crippen LogP contribution in [0.2, 0.25) is 0 Å². The van der Waals surface area contributed by atoms with E-state index in [0.29, 0.717) is 5.39 Å². The Labute approximate surface area is 117 Å². The predicted octanol–water partition coefficient (Wildman–Crippen LogP) is 2.98. The van der Waals surface area contributed by atoms with Crippen molar-refractivity contribution in [1.82, 2.24) is 9.97 Å². The molecule has 0 saturated heterocycles. The number of nitro groups is 1. The SMILES string of the molecule is CNc1ncc([N+](=O)[O-])c(-c2cc3cccc(F)c3o2)n1. The summed E-state index contributed by atoms with van der Waals surface area (Å²) in [6.45, 7) is 0. The van der Waals surface area contributed by atoms with Crippen molar-refractivity contribution in [1.29, 1.82) is 0 Å². The van der Waals surface area contributed by atoms with Crippen molar-refractivity contribution >= 4 is 22.6 Å². The molecule has 2 aromatic heterocycles. The smallest absolute Gasteiger partial charge is 0.317 e. The molecule has 3 rings (SSSR count). The number of halogens is 1. The molecule has 0 atom stereocenters. The number of para-hydroxylation sites is 1. The number of rotatable bonds is 3. The van der Waals surface area contributed by atoms with Gasteiger partial charge in [-0.1, -0.05) is 12.1 Å². The van der Waals surface area contributed by atoms with Crippen LogP contribution in [0, 0.1) is 15.9 Å². The first-order valence-corrected chi connectivity index (χ1v) is 5.98. The monoisotopic (exact) mass is 288 g/mol. The highest BCUT2D eigenvalue weighted by molar-refractivity contribution is 5.84. The van der Waals surface area contributed by atoms with Crippen LogP contribution in [-0.4, -0.2) is 21.9 Å². The van der Waals surface area contributed by atoms with Gasteiger partial charge in [0, 0.05) is 12.4 Å². The lowest BCUT2D eigenvalue weighted by Gasteiger charge is -2.01. The van der Waals surface area contributed by atoms with Crippen LogP contribution in [0.3, 0.4) is 0 Å². The van der Waals surface area contributed by atoms with Gasteiger partial charge in [-0.25, -0.2) is 14.4 Å². The predicted molar refractivity (Wildman–Crippen MR) is 73.4 cm³/mol. The van der Waals surface area contributed by atoms with Gasteiger partial charge in [-0.05, 0) is 12.1 Å². The summed E-state index contributed by atoms with van der Waals surface area (Å²) in [6, 6.07) is 5.94. The average molecular weight is 288 g/mol. The highest BCUT2D eigenvalue weighted by atomic mass is 19.1. The molecule has 0 fully saturated rings. The fourth-order valence-corrected chi connectivity index (χ4v) is 1.96. The number of hydrogen-bond donors (Lipinski definition) is 1. The van der Waals surface area contributed by atoms with Crippen molar-refractivity contribution in [3.8, 4) is 11.5 Å². The lowest BCUT2D eigenvalue weighted by molar-refractivity contribution is -0.384. The van der Waals surface area contributed by atoms with Crippen molar-refractivity contribution in [3.05, 3.63) is 46.4 Å². The maximum atomic E-state index is 13.6. The van der Waals surface area contributed by atoms with Gasteiger partial charge in [-0.3, -0.25) is 10.1 Å². The van der Waals surface area contributed by atoms with E-state index in [-0.39, 0.29) is 28.7 Å². The zero-order chi connectivity index (χ0) is 15.0. The second-order valence-electron chi connectivity index (χ2n) is 4.20. The molecule has 0 radical (unpaired) electrons. The lowest BCUT2D eigenvalue weighted by Crippen LogP contribution is -2.01. The van der Waals surface area contributed by atoms with E-state index in [4.69, 9.17) is 4.42 Å². The van der Waals surface area contributed by atoms with Crippen LogP contribution in [0.25, 0.3) is 22.4 Å². The second-order valence-corrected chi connectivity index (χ2v) is 4.20. The molecule has 0 spiro atoms. The van der Waals surface area contributed by atoms with E-state index in [1.54, 1.807) is 13.1 Å². The van der Waals surface area contributed by atoms with Crippen LogP contribution in [0.1, 0.15) is 0 Å². The molecule has 3 aromatic rings. The van der Waals surface area contributed by atoms with E-state index in [2.05, 4.69) is 15.3 Å². The quantitative estimate of drug-likeness (QED) is 0.588. The first-order chi connectivity index (χ1) is 10.1. The van der Waals surface area contributed by atoms with Crippen LogP contribution < -0.4 is 5.32 Å². The molecule has 0 bridgehead atoms. The first-order valence-electron chi connectivity index (χ1n) is 5.98. The number of nitrogens with zero attached hydrogens (tertiary/aromatic N) is 3. The molecule has 0 unspecified atom stereocenters. The Morgan fingerprint density at radius 2 is 2.24 bits per heavy atom. The van der Waals surface area contributed by atoms with Gasteiger partial charge in [0.2, 0.25) is 5.95 Å². The van der Waals surface area contributed by atoms with Crippen LogP contribution in [0.4, 0.5) is 16.0 Å². The Morgan fingerprint density at radius 3 is 2.90 bits per heavy atom. The molecule has 0 amide bonds. The molecule has 106 valence electrons. The standard InChI is InChI=1S/C13H9FN4O3/c1-15-13-16-6-9(18(19)20)11(17-13)10-5-7-3-2-4-8(14)12(7)21-10/h2-6H,1H3,(H,15,16,17). The van der Waals surface area contributed by atoms with E-state index >= 15 is 0 Å². The average Bonchev–Trinajstić information content (AvgIpc) is 2.92. The Hall–Kier alpha value is -3.03. The minimum Gasteiger partial charge on any atom is -0.451 e. The third kappa shape index (κ3) is 2.16. The van der Waals surface area contributed by atoms with Gasteiger partial charge >= 0.3 is 5.69 Å². The summed E-state index contributed by atoms with van der Waals surface area (Å²) < 4.78 is 19.0. The van der Waals surface area contributed by atoms with Crippen molar-refractivity contribution in [3.63, 3.8) is 0 Å². The van der Waals surface area contributed by atoms with Crippen molar-refractivity contribution in [2.75, 3.05) is 12.4 Å². The van der Waals surface area contributed by atoms with Crippen LogP contribution in [0.15, 0.2) is 34.9 Å². The van der Waals surface area contributed by atoms with Crippen LogP contribution in [0.5, 0.6) is 0 Å². The maximum absolute atomic E-state index is 13.6. The lowest BCUT2D eigenvalue weighted by atomic mass is 10.2. The van der Waals surface area contributed by atoms with E-state index in [9.17, 15) is 14.5 Å². The summed E-state index contributed by atoms with van der Waals surface area (Å²) in [5.41, 5.74) is -0.283. The Kier molecular flexibility index (Phi) is 2.98. The third-order valence-electron chi connectivity index (χ3n) is 2.92. The molecule has 1 aromatic carbocycles. The molecule has 21 heavy (non-hydrogen) atoms. The van der Waals surface area contributed by atoms with Crippen molar-refractivity contribution in [2.45, 2.75) is 0 Å². The molecular weight excluding hydrogens is 279 g/mol. The van der Waals surface area contributed by atoms with E-state index < -0.39 is 10.7 Å². The largest absolute Gasteiger partial charge is 0.451 e. The Balaban J connectivity index is 2.25. The number of nitrogens with one attached hydrogen (secondary N) is 1. The van der Waals surface area contributed by atoms with E-state index in [1.807, 2.05) is 0 Å². The summed E-state index contributed by atoms with van der Waals surface area (Å²) in [5.74, 6) is -0.221. The summed E-state index contributed by atoms with van der Waals surface area (Å²) in [6.07, 6.45) is 1.08. The fourth-order valence-electron chi connectivity index (χ4n) is 1.96. The van der Waals surface area contributed by atoms with Gasteiger partial charge in [0.1, 0.15) is 6.20 Å². The van der Waals surface area contributed by atoms with E-state index in [0.717, 1.165) is 6.20 Å². The van der Waals surface area contributed by atoms with Crippen LogP contribution in [-0.2, 0) is 0 Å². The normalized spacial score (nSPS) is 10.8. The molecule has 7 nitrogen and oxygen atoms in total. The topological polar surface area (TPSA) is 94.1 Å². The molecule has 0 aliphatic heterocycles. The number of aromatic nitrogens is 2. The molecule has 2 heterocycles. The fraction of sp³-hybridized carbons (Fsp3) is 0.0769. The molecular formula is C13H9FN4O3.